The van der Waals surface area contributed by atoms with Gasteiger partial charge in [0.05, 0.1) is 22.6 Å². The van der Waals surface area contributed by atoms with Gasteiger partial charge in [-0.15, -0.1) is 0 Å². The zero-order valence-corrected chi connectivity index (χ0v) is 14.4. The van der Waals surface area contributed by atoms with Gasteiger partial charge >= 0.3 is 0 Å². The zero-order chi connectivity index (χ0) is 17.8. The van der Waals surface area contributed by atoms with Crippen LogP contribution in [0.2, 0.25) is 0 Å². The van der Waals surface area contributed by atoms with Gasteiger partial charge in [0.1, 0.15) is 6.54 Å². The maximum absolute atomic E-state index is 12.8. The summed E-state index contributed by atoms with van der Waals surface area (Å²) in [5.74, 6) is -1.23. The highest BCUT2D eigenvalue weighted by Crippen LogP contribution is 2.33. The average Bonchev–Trinajstić information content (AvgIpc) is 3.30. The Morgan fingerprint density at radius 3 is 2.12 bits per heavy atom. The Balaban J connectivity index is 1.53. The highest BCUT2D eigenvalue weighted by atomic mass is 32.2. The molecule has 1 aromatic carbocycles. The number of carbonyl (C=O) groups excluding carboxylic acids is 3. The van der Waals surface area contributed by atoms with Crippen molar-refractivity contribution in [2.45, 2.75) is 31.3 Å². The quantitative estimate of drug-likeness (QED) is 0.726. The molecule has 3 aliphatic rings. The highest BCUT2D eigenvalue weighted by Gasteiger charge is 2.44. The van der Waals surface area contributed by atoms with Gasteiger partial charge in [-0.25, -0.2) is 8.42 Å². The van der Waals surface area contributed by atoms with E-state index in [4.69, 9.17) is 0 Å². The molecule has 1 atom stereocenters. The van der Waals surface area contributed by atoms with E-state index in [1.807, 2.05) is 0 Å². The Morgan fingerprint density at radius 2 is 1.64 bits per heavy atom. The number of benzene rings is 1. The third-order valence-electron chi connectivity index (χ3n) is 5.00. The zero-order valence-electron chi connectivity index (χ0n) is 13.6. The predicted octanol–water partition coefficient (Wildman–Crippen LogP) is 0.461. The number of fused-ring (bicyclic) bond motifs is 1. The van der Waals surface area contributed by atoms with Crippen LogP contribution >= 0.6 is 0 Å². The first kappa shape index (κ1) is 16.3. The molecule has 2 fully saturated rings. The number of imide groups is 1. The monoisotopic (exact) mass is 362 g/mol. The largest absolute Gasteiger partial charge is 0.334 e. The van der Waals surface area contributed by atoms with Gasteiger partial charge in [-0.05, 0) is 31.4 Å². The minimum absolute atomic E-state index is 0.0287. The summed E-state index contributed by atoms with van der Waals surface area (Å²) in [6.45, 7) is -0.334. The van der Waals surface area contributed by atoms with Crippen molar-refractivity contribution in [3.05, 3.63) is 35.4 Å². The fourth-order valence-electron chi connectivity index (χ4n) is 3.65. The lowest BCUT2D eigenvalue weighted by Gasteiger charge is -2.29. The SMILES string of the molecule is O=C1c2ccccc2C(=O)N1CC(=O)N(C1CC1)[C@@H]1CCS(=O)(=O)C1. The van der Waals surface area contributed by atoms with Crippen molar-refractivity contribution in [3.8, 4) is 0 Å². The van der Waals surface area contributed by atoms with Gasteiger partial charge in [0.2, 0.25) is 5.91 Å². The van der Waals surface area contributed by atoms with Gasteiger partial charge in [-0.3, -0.25) is 19.3 Å². The molecular formula is C17H18N2O5S. The summed E-state index contributed by atoms with van der Waals surface area (Å²) in [4.78, 5) is 40.2. The molecule has 0 spiro atoms. The van der Waals surface area contributed by atoms with Crippen molar-refractivity contribution < 1.29 is 22.8 Å². The summed E-state index contributed by atoms with van der Waals surface area (Å²) >= 11 is 0. The van der Waals surface area contributed by atoms with Crippen LogP contribution in [0.15, 0.2) is 24.3 Å². The van der Waals surface area contributed by atoms with Crippen LogP contribution in [0.1, 0.15) is 40.0 Å². The number of rotatable bonds is 4. The van der Waals surface area contributed by atoms with Gasteiger partial charge in [0.25, 0.3) is 11.8 Å². The van der Waals surface area contributed by atoms with E-state index < -0.39 is 21.7 Å². The molecule has 25 heavy (non-hydrogen) atoms. The molecule has 4 rings (SSSR count). The lowest BCUT2D eigenvalue weighted by Crippen LogP contribution is -2.48. The summed E-state index contributed by atoms with van der Waals surface area (Å²) in [6, 6.07) is 6.18. The third-order valence-corrected chi connectivity index (χ3v) is 6.75. The van der Waals surface area contributed by atoms with Crippen LogP contribution < -0.4 is 0 Å². The first-order chi connectivity index (χ1) is 11.9. The summed E-state index contributed by atoms with van der Waals surface area (Å²) in [6.07, 6.45) is 2.10. The lowest BCUT2D eigenvalue weighted by atomic mass is 10.1. The molecule has 0 aromatic heterocycles. The van der Waals surface area contributed by atoms with Crippen LogP contribution in [-0.2, 0) is 14.6 Å². The Labute approximate surface area is 145 Å². The minimum atomic E-state index is -3.11. The first-order valence-electron chi connectivity index (χ1n) is 8.34. The Bertz CT molecular complexity index is 840. The molecule has 0 unspecified atom stereocenters. The van der Waals surface area contributed by atoms with E-state index in [-0.39, 0.29) is 36.0 Å². The molecule has 132 valence electrons. The molecule has 1 saturated heterocycles. The molecule has 0 radical (unpaired) electrons. The lowest BCUT2D eigenvalue weighted by molar-refractivity contribution is -0.134. The Kier molecular flexibility index (Phi) is 3.68. The molecule has 2 heterocycles. The van der Waals surface area contributed by atoms with Gasteiger partial charge < -0.3 is 4.90 Å². The van der Waals surface area contributed by atoms with E-state index >= 15 is 0 Å². The van der Waals surface area contributed by atoms with E-state index in [1.165, 1.54) is 0 Å². The molecule has 7 nitrogen and oxygen atoms in total. The number of sulfone groups is 1. The first-order valence-corrected chi connectivity index (χ1v) is 10.2. The highest BCUT2D eigenvalue weighted by molar-refractivity contribution is 7.91. The van der Waals surface area contributed by atoms with Crippen molar-refractivity contribution in [2.24, 2.45) is 0 Å². The maximum Gasteiger partial charge on any atom is 0.262 e. The van der Waals surface area contributed by atoms with Crippen LogP contribution in [0.4, 0.5) is 0 Å². The van der Waals surface area contributed by atoms with Crippen LogP contribution in [0.25, 0.3) is 0 Å². The third kappa shape index (κ3) is 2.84. The summed E-state index contributed by atoms with van der Waals surface area (Å²) in [5, 5.41) is 0. The predicted molar refractivity (Wildman–Crippen MR) is 88.7 cm³/mol. The van der Waals surface area contributed by atoms with Crippen molar-refractivity contribution in [1.29, 1.82) is 0 Å². The summed E-state index contributed by atoms with van der Waals surface area (Å²) < 4.78 is 23.5. The van der Waals surface area contributed by atoms with E-state index in [1.54, 1.807) is 29.2 Å². The van der Waals surface area contributed by atoms with Gasteiger partial charge in [-0.1, -0.05) is 12.1 Å². The molecule has 0 bridgehead atoms. The molecule has 3 amide bonds. The second-order valence-corrected chi connectivity index (χ2v) is 9.06. The number of nitrogens with zero attached hydrogens (tertiary/aromatic N) is 2. The fourth-order valence-corrected chi connectivity index (χ4v) is 5.36. The molecule has 1 aromatic rings. The Morgan fingerprint density at radius 1 is 1.04 bits per heavy atom. The molecule has 8 heteroatoms. The van der Waals surface area contributed by atoms with Crippen molar-refractivity contribution in [2.75, 3.05) is 18.1 Å². The van der Waals surface area contributed by atoms with Crippen LogP contribution in [0, 0.1) is 0 Å². The standard InChI is InChI=1S/C17H18N2O5S/c20-15(19(11-5-6-11)12-7-8-25(23,24)10-12)9-18-16(21)13-3-1-2-4-14(13)17(18)22/h1-4,11-12H,5-10H2/t12-/m1/s1. The van der Waals surface area contributed by atoms with Gasteiger partial charge in [0, 0.05) is 12.1 Å². The number of hydrogen-bond donors (Lipinski definition) is 0. The fraction of sp³-hybridized carbons (Fsp3) is 0.471. The average molecular weight is 362 g/mol. The van der Waals surface area contributed by atoms with E-state index in [0.717, 1.165) is 17.7 Å². The van der Waals surface area contributed by atoms with E-state index in [0.29, 0.717) is 17.5 Å². The van der Waals surface area contributed by atoms with Crippen molar-refractivity contribution in [3.63, 3.8) is 0 Å². The number of hydrogen-bond acceptors (Lipinski definition) is 5. The van der Waals surface area contributed by atoms with Crippen LogP contribution in [0.5, 0.6) is 0 Å². The molecule has 1 saturated carbocycles. The van der Waals surface area contributed by atoms with Gasteiger partial charge in [-0.2, -0.15) is 0 Å². The van der Waals surface area contributed by atoms with Crippen LogP contribution in [-0.4, -0.2) is 66.1 Å². The molecule has 1 aliphatic carbocycles. The molecular weight excluding hydrogens is 344 g/mol. The number of amides is 3. The minimum Gasteiger partial charge on any atom is -0.334 e. The molecule has 2 aliphatic heterocycles. The van der Waals surface area contributed by atoms with E-state index in [2.05, 4.69) is 0 Å². The smallest absolute Gasteiger partial charge is 0.262 e. The van der Waals surface area contributed by atoms with Crippen molar-refractivity contribution in [1.82, 2.24) is 9.80 Å². The van der Waals surface area contributed by atoms with E-state index in [9.17, 15) is 22.8 Å². The summed E-state index contributed by atoms with van der Waals surface area (Å²) in [7, 11) is -3.11. The van der Waals surface area contributed by atoms with Crippen molar-refractivity contribution >= 4 is 27.6 Å². The second kappa shape index (κ2) is 5.66. The second-order valence-electron chi connectivity index (χ2n) is 6.83. The normalized spacial score (nSPS) is 24.5. The number of carbonyl (C=O) groups is 3. The topological polar surface area (TPSA) is 91.8 Å². The Hall–Kier alpha value is -2.22. The summed E-state index contributed by atoms with van der Waals surface area (Å²) in [5.41, 5.74) is 0.614. The maximum atomic E-state index is 12.8. The molecule has 0 N–H and O–H groups in total. The van der Waals surface area contributed by atoms with Crippen LogP contribution in [0.3, 0.4) is 0 Å². The van der Waals surface area contributed by atoms with Gasteiger partial charge in [0.15, 0.2) is 9.84 Å².